The minimum Gasteiger partial charge on any atom is -0.356 e. The van der Waals surface area contributed by atoms with Crippen LogP contribution in [-0.4, -0.2) is 61.3 Å². The fraction of sp³-hybridized carbons (Fsp3) is 0.714. The smallest absolute Gasteiger partial charge is 0.253 e. The summed E-state index contributed by atoms with van der Waals surface area (Å²) in [4.78, 5) is 47.6. The Hall–Kier alpha value is -2.22. The lowest BCUT2D eigenvalue weighted by Gasteiger charge is -2.13. The van der Waals surface area contributed by atoms with Gasteiger partial charge in [0.1, 0.15) is 0 Å². The highest BCUT2D eigenvalue weighted by Crippen LogP contribution is 2.08. The SMILES string of the molecule is O=C(CCCCCN1C(=O)C=CC1=O)NCCCCCC(=O)NC[C@@H]1CCNC1. The summed E-state index contributed by atoms with van der Waals surface area (Å²) in [5.74, 6) is 0.209. The summed E-state index contributed by atoms with van der Waals surface area (Å²) in [5, 5.41) is 9.19. The molecule has 3 N–H and O–H groups in total. The van der Waals surface area contributed by atoms with Crippen molar-refractivity contribution in [2.24, 2.45) is 5.92 Å². The van der Waals surface area contributed by atoms with Crippen molar-refractivity contribution in [2.45, 2.75) is 57.8 Å². The summed E-state index contributed by atoms with van der Waals surface area (Å²) in [5.41, 5.74) is 0. The fourth-order valence-electron chi connectivity index (χ4n) is 3.52. The maximum absolute atomic E-state index is 11.8. The molecule has 1 saturated heterocycles. The molecule has 0 bridgehead atoms. The first kappa shape index (κ1) is 23.1. The second-order valence-corrected chi connectivity index (χ2v) is 7.80. The maximum Gasteiger partial charge on any atom is 0.253 e. The van der Waals surface area contributed by atoms with Crippen LogP contribution in [0.25, 0.3) is 0 Å². The molecule has 0 unspecified atom stereocenters. The summed E-state index contributed by atoms with van der Waals surface area (Å²) in [6, 6.07) is 0. The summed E-state index contributed by atoms with van der Waals surface area (Å²) in [6.45, 7) is 3.86. The van der Waals surface area contributed by atoms with Gasteiger partial charge in [0, 0.05) is 44.6 Å². The van der Waals surface area contributed by atoms with Crippen LogP contribution in [0.5, 0.6) is 0 Å². The number of nitrogens with zero attached hydrogens (tertiary/aromatic N) is 1. The van der Waals surface area contributed by atoms with Crippen molar-refractivity contribution in [3.8, 4) is 0 Å². The average Bonchev–Trinajstić information content (AvgIpc) is 3.33. The second-order valence-electron chi connectivity index (χ2n) is 7.80. The molecule has 0 aromatic heterocycles. The average molecular weight is 407 g/mol. The molecule has 0 aromatic carbocycles. The number of amides is 4. The van der Waals surface area contributed by atoms with E-state index in [1.807, 2.05) is 0 Å². The van der Waals surface area contributed by atoms with Crippen LogP contribution in [0.3, 0.4) is 0 Å². The topological polar surface area (TPSA) is 108 Å². The third-order valence-corrected chi connectivity index (χ3v) is 5.34. The predicted octanol–water partition coefficient (Wildman–Crippen LogP) is 0.874. The van der Waals surface area contributed by atoms with Crippen LogP contribution in [0.2, 0.25) is 0 Å². The molecule has 1 atom stereocenters. The largest absolute Gasteiger partial charge is 0.356 e. The van der Waals surface area contributed by atoms with Crippen LogP contribution >= 0.6 is 0 Å². The second kappa shape index (κ2) is 13.1. The van der Waals surface area contributed by atoms with E-state index in [-0.39, 0.29) is 23.6 Å². The Labute approximate surface area is 172 Å². The van der Waals surface area contributed by atoms with Gasteiger partial charge in [-0.1, -0.05) is 12.8 Å². The van der Waals surface area contributed by atoms with Crippen molar-refractivity contribution in [3.63, 3.8) is 0 Å². The van der Waals surface area contributed by atoms with E-state index in [2.05, 4.69) is 16.0 Å². The first-order valence-electron chi connectivity index (χ1n) is 10.8. The Morgan fingerprint density at radius 3 is 2.24 bits per heavy atom. The lowest BCUT2D eigenvalue weighted by Crippen LogP contribution is -2.30. The first-order chi connectivity index (χ1) is 14.1. The van der Waals surface area contributed by atoms with Gasteiger partial charge >= 0.3 is 0 Å². The van der Waals surface area contributed by atoms with E-state index in [0.717, 1.165) is 58.2 Å². The molecular formula is C21H34N4O4. The van der Waals surface area contributed by atoms with Crippen molar-refractivity contribution in [1.82, 2.24) is 20.9 Å². The maximum atomic E-state index is 11.8. The van der Waals surface area contributed by atoms with Gasteiger partial charge in [-0.15, -0.1) is 0 Å². The Bertz CT molecular complexity index is 581. The molecule has 0 aromatic rings. The number of unbranched alkanes of at least 4 members (excludes halogenated alkanes) is 4. The number of rotatable bonds is 14. The van der Waals surface area contributed by atoms with Crippen molar-refractivity contribution >= 4 is 23.6 Å². The van der Waals surface area contributed by atoms with E-state index >= 15 is 0 Å². The van der Waals surface area contributed by atoms with E-state index in [1.54, 1.807) is 0 Å². The molecule has 4 amide bonds. The Morgan fingerprint density at radius 2 is 1.59 bits per heavy atom. The van der Waals surface area contributed by atoms with Crippen molar-refractivity contribution in [3.05, 3.63) is 12.2 Å². The zero-order valence-corrected chi connectivity index (χ0v) is 17.2. The number of nitrogens with one attached hydrogen (secondary N) is 3. The van der Waals surface area contributed by atoms with Gasteiger partial charge in [0.15, 0.2) is 0 Å². The molecule has 162 valence electrons. The van der Waals surface area contributed by atoms with Gasteiger partial charge in [-0.3, -0.25) is 24.1 Å². The Kier molecular flexibility index (Phi) is 10.4. The van der Waals surface area contributed by atoms with Gasteiger partial charge in [-0.05, 0) is 51.1 Å². The molecule has 2 aliphatic heterocycles. The van der Waals surface area contributed by atoms with E-state index in [4.69, 9.17) is 0 Å². The zero-order chi connectivity index (χ0) is 20.9. The van der Waals surface area contributed by atoms with Gasteiger partial charge in [-0.25, -0.2) is 0 Å². The molecule has 29 heavy (non-hydrogen) atoms. The predicted molar refractivity (Wildman–Crippen MR) is 110 cm³/mol. The summed E-state index contributed by atoms with van der Waals surface area (Å²) < 4.78 is 0. The molecule has 8 heteroatoms. The quantitative estimate of drug-likeness (QED) is 0.293. The Balaban J connectivity index is 1.36. The third-order valence-electron chi connectivity index (χ3n) is 5.34. The number of hydrogen-bond donors (Lipinski definition) is 3. The van der Waals surface area contributed by atoms with Crippen molar-refractivity contribution < 1.29 is 19.2 Å². The molecule has 1 fully saturated rings. The van der Waals surface area contributed by atoms with Crippen LogP contribution in [0.4, 0.5) is 0 Å². The van der Waals surface area contributed by atoms with Crippen LogP contribution in [0, 0.1) is 5.92 Å². The number of hydrogen-bond acceptors (Lipinski definition) is 5. The van der Waals surface area contributed by atoms with Crippen LogP contribution in [0.15, 0.2) is 12.2 Å². The Morgan fingerprint density at radius 1 is 0.931 bits per heavy atom. The minimum absolute atomic E-state index is 0.0305. The normalized spacial score (nSPS) is 18.5. The highest BCUT2D eigenvalue weighted by Gasteiger charge is 2.22. The number of carbonyl (C=O) groups is 4. The molecule has 2 heterocycles. The standard InChI is InChI=1S/C21H34N4O4/c26-18(7-4-2-6-14-25-20(28)9-10-21(25)29)23-12-5-1-3-8-19(27)24-16-17-11-13-22-15-17/h9-10,17,22H,1-8,11-16H2,(H,23,26)(H,24,27)/t17-/m1/s1. The molecule has 0 spiro atoms. The van der Waals surface area contributed by atoms with Crippen molar-refractivity contribution in [2.75, 3.05) is 32.7 Å². The van der Waals surface area contributed by atoms with E-state index in [0.29, 0.717) is 38.3 Å². The minimum atomic E-state index is -0.253. The van der Waals surface area contributed by atoms with Crippen molar-refractivity contribution in [1.29, 1.82) is 0 Å². The lowest BCUT2D eigenvalue weighted by molar-refractivity contribution is -0.137. The molecule has 0 radical (unpaired) electrons. The van der Waals surface area contributed by atoms with E-state index in [1.165, 1.54) is 17.1 Å². The third kappa shape index (κ3) is 9.21. The van der Waals surface area contributed by atoms with Gasteiger partial charge in [0.2, 0.25) is 11.8 Å². The van der Waals surface area contributed by atoms with Gasteiger partial charge < -0.3 is 16.0 Å². The van der Waals surface area contributed by atoms with Gasteiger partial charge in [-0.2, -0.15) is 0 Å². The lowest BCUT2D eigenvalue weighted by atomic mass is 10.1. The number of carbonyl (C=O) groups excluding carboxylic acids is 4. The molecule has 0 saturated carbocycles. The number of imide groups is 1. The summed E-state index contributed by atoms with van der Waals surface area (Å²) >= 11 is 0. The van der Waals surface area contributed by atoms with Crippen LogP contribution < -0.4 is 16.0 Å². The van der Waals surface area contributed by atoms with Crippen LogP contribution in [-0.2, 0) is 19.2 Å². The zero-order valence-electron chi connectivity index (χ0n) is 17.2. The highest BCUT2D eigenvalue weighted by molar-refractivity contribution is 6.12. The summed E-state index contributed by atoms with van der Waals surface area (Å²) in [6.07, 6.45) is 9.61. The van der Waals surface area contributed by atoms with Crippen LogP contribution in [0.1, 0.15) is 57.8 Å². The van der Waals surface area contributed by atoms with Gasteiger partial charge in [0.25, 0.3) is 11.8 Å². The monoisotopic (exact) mass is 406 g/mol. The molecule has 2 aliphatic rings. The molecule has 0 aliphatic carbocycles. The van der Waals surface area contributed by atoms with E-state index in [9.17, 15) is 19.2 Å². The highest BCUT2D eigenvalue weighted by atomic mass is 16.2. The van der Waals surface area contributed by atoms with E-state index < -0.39 is 0 Å². The fourth-order valence-corrected chi connectivity index (χ4v) is 3.52. The summed E-state index contributed by atoms with van der Waals surface area (Å²) in [7, 11) is 0. The molecular weight excluding hydrogens is 372 g/mol. The molecule has 8 nitrogen and oxygen atoms in total. The van der Waals surface area contributed by atoms with Gasteiger partial charge in [0.05, 0.1) is 0 Å². The molecule has 2 rings (SSSR count). The first-order valence-corrected chi connectivity index (χ1v) is 10.8.